The highest BCUT2D eigenvalue weighted by molar-refractivity contribution is 7.17. The predicted molar refractivity (Wildman–Crippen MR) is 63.1 cm³/mol. The highest BCUT2D eigenvalue weighted by Gasteiger charge is 2.15. The largest absolute Gasteiger partial charge is 0.324 e. The van der Waals surface area contributed by atoms with E-state index in [9.17, 15) is 19.3 Å². The number of nitrogens with zero attached hydrogens (tertiary/aromatic N) is 2. The maximum atomic E-state index is 12.5. The van der Waals surface area contributed by atoms with E-state index in [0.29, 0.717) is 5.69 Å². The van der Waals surface area contributed by atoms with Crippen LogP contribution < -0.4 is 5.32 Å². The van der Waals surface area contributed by atoms with Crippen molar-refractivity contribution in [1.29, 1.82) is 0 Å². The lowest BCUT2D eigenvalue weighted by atomic mass is 10.4. The summed E-state index contributed by atoms with van der Waals surface area (Å²) in [5.41, 5.74) is 0.317. The molecular weight excluding hydrogens is 261 g/mol. The molecule has 2 aromatic heterocycles. The van der Waals surface area contributed by atoms with Crippen LogP contribution in [0.4, 0.5) is 15.1 Å². The second-order valence-corrected chi connectivity index (χ2v) is 4.28. The number of pyridine rings is 1. The SMILES string of the molecule is O=C(Nc1ccc(F)nc1)c1ccc([N+](=O)[O-])s1. The van der Waals surface area contributed by atoms with Gasteiger partial charge in [0.1, 0.15) is 0 Å². The standard InChI is InChI=1S/C10H6FN3O3S/c11-8-3-1-6(5-12-8)13-10(15)7-2-4-9(18-7)14(16)17/h1-5H,(H,13,15). The molecule has 1 N–H and O–H groups in total. The van der Waals surface area contributed by atoms with Gasteiger partial charge in [-0.15, -0.1) is 0 Å². The minimum absolute atomic E-state index is 0.114. The van der Waals surface area contributed by atoms with Crippen molar-refractivity contribution in [3.63, 3.8) is 0 Å². The number of nitro groups is 1. The van der Waals surface area contributed by atoms with Crippen LogP contribution in [0.5, 0.6) is 0 Å². The average Bonchev–Trinajstić information content (AvgIpc) is 2.81. The summed E-state index contributed by atoms with van der Waals surface area (Å²) in [6.45, 7) is 0. The Bertz CT molecular complexity index is 597. The van der Waals surface area contributed by atoms with Crippen LogP contribution in [0.2, 0.25) is 0 Å². The molecule has 8 heteroatoms. The van der Waals surface area contributed by atoms with Crippen LogP contribution in [-0.4, -0.2) is 15.8 Å². The van der Waals surface area contributed by atoms with E-state index in [1.165, 1.54) is 18.2 Å². The number of aromatic nitrogens is 1. The lowest BCUT2D eigenvalue weighted by molar-refractivity contribution is -0.380. The number of thiophene rings is 1. The normalized spacial score (nSPS) is 10.1. The maximum Gasteiger partial charge on any atom is 0.324 e. The summed E-state index contributed by atoms with van der Waals surface area (Å²) in [5, 5.41) is 12.8. The summed E-state index contributed by atoms with van der Waals surface area (Å²) >= 11 is 0.766. The van der Waals surface area contributed by atoms with Crippen LogP contribution in [-0.2, 0) is 0 Å². The van der Waals surface area contributed by atoms with Gasteiger partial charge < -0.3 is 5.32 Å². The molecule has 2 rings (SSSR count). The number of halogens is 1. The number of hydrogen-bond donors (Lipinski definition) is 1. The van der Waals surface area contributed by atoms with Gasteiger partial charge in [-0.1, -0.05) is 11.3 Å². The van der Waals surface area contributed by atoms with E-state index in [-0.39, 0.29) is 9.88 Å². The number of nitrogens with one attached hydrogen (secondary N) is 1. The molecule has 0 bridgehead atoms. The zero-order valence-corrected chi connectivity index (χ0v) is 9.61. The van der Waals surface area contributed by atoms with Gasteiger partial charge in [0, 0.05) is 6.07 Å². The molecule has 1 amide bonds. The van der Waals surface area contributed by atoms with Crippen molar-refractivity contribution >= 4 is 27.9 Å². The molecule has 0 atom stereocenters. The van der Waals surface area contributed by atoms with Crippen LogP contribution in [0.3, 0.4) is 0 Å². The molecule has 0 spiro atoms. The fraction of sp³-hybridized carbons (Fsp3) is 0. The number of hydrogen-bond acceptors (Lipinski definition) is 5. The fourth-order valence-electron chi connectivity index (χ4n) is 1.19. The van der Waals surface area contributed by atoms with Gasteiger partial charge in [-0.25, -0.2) is 4.98 Å². The topological polar surface area (TPSA) is 85.1 Å². The molecular formula is C10H6FN3O3S. The Kier molecular flexibility index (Phi) is 3.28. The Morgan fingerprint density at radius 1 is 1.39 bits per heavy atom. The third-order valence-electron chi connectivity index (χ3n) is 1.98. The summed E-state index contributed by atoms with van der Waals surface area (Å²) in [6.07, 6.45) is 1.16. The highest BCUT2D eigenvalue weighted by Crippen LogP contribution is 2.24. The summed E-state index contributed by atoms with van der Waals surface area (Å²) in [5.74, 6) is -1.15. The quantitative estimate of drug-likeness (QED) is 0.525. The zero-order chi connectivity index (χ0) is 13.1. The number of rotatable bonds is 3. The predicted octanol–water partition coefficient (Wildman–Crippen LogP) is 2.44. The van der Waals surface area contributed by atoms with Crippen molar-refractivity contribution in [2.45, 2.75) is 0 Å². The Labute approximate surface area is 104 Å². The summed E-state index contributed by atoms with van der Waals surface area (Å²) in [7, 11) is 0. The van der Waals surface area contributed by atoms with E-state index in [4.69, 9.17) is 0 Å². The molecule has 0 saturated carbocycles. The van der Waals surface area contributed by atoms with Crippen molar-refractivity contribution in [2.24, 2.45) is 0 Å². The first-order valence-electron chi connectivity index (χ1n) is 4.73. The number of carbonyl (C=O) groups excluding carboxylic acids is 1. The van der Waals surface area contributed by atoms with Crippen LogP contribution in [0.1, 0.15) is 9.67 Å². The van der Waals surface area contributed by atoms with Gasteiger partial charge in [0.05, 0.1) is 21.7 Å². The summed E-state index contributed by atoms with van der Waals surface area (Å²) in [6, 6.07) is 5.06. The monoisotopic (exact) mass is 267 g/mol. The molecule has 0 aliphatic carbocycles. The van der Waals surface area contributed by atoms with E-state index >= 15 is 0 Å². The van der Waals surface area contributed by atoms with Gasteiger partial charge in [0.15, 0.2) is 0 Å². The van der Waals surface area contributed by atoms with Crippen molar-refractivity contribution in [3.8, 4) is 0 Å². The Morgan fingerprint density at radius 3 is 2.72 bits per heavy atom. The van der Waals surface area contributed by atoms with Crippen LogP contribution in [0.25, 0.3) is 0 Å². The first-order chi connectivity index (χ1) is 8.56. The van der Waals surface area contributed by atoms with E-state index in [1.54, 1.807) is 0 Å². The van der Waals surface area contributed by atoms with E-state index < -0.39 is 16.8 Å². The molecule has 6 nitrogen and oxygen atoms in total. The van der Waals surface area contributed by atoms with Gasteiger partial charge in [0.25, 0.3) is 5.91 Å². The summed E-state index contributed by atoms with van der Waals surface area (Å²) in [4.78, 5) is 25.2. The second kappa shape index (κ2) is 4.88. The number of carbonyl (C=O) groups is 1. The molecule has 2 aromatic rings. The zero-order valence-electron chi connectivity index (χ0n) is 8.79. The Morgan fingerprint density at radius 2 is 2.17 bits per heavy atom. The van der Waals surface area contributed by atoms with Crippen molar-refractivity contribution in [3.05, 3.63) is 51.4 Å². The van der Waals surface area contributed by atoms with Gasteiger partial charge in [0.2, 0.25) is 5.95 Å². The van der Waals surface area contributed by atoms with E-state index in [1.807, 2.05) is 0 Å². The Hall–Kier alpha value is -2.35. The van der Waals surface area contributed by atoms with Gasteiger partial charge in [-0.05, 0) is 18.2 Å². The minimum atomic E-state index is -0.653. The van der Waals surface area contributed by atoms with Crippen LogP contribution >= 0.6 is 11.3 Å². The highest BCUT2D eigenvalue weighted by atomic mass is 32.1. The lowest BCUT2D eigenvalue weighted by Crippen LogP contribution is -2.10. The van der Waals surface area contributed by atoms with Crippen molar-refractivity contribution < 1.29 is 14.1 Å². The molecule has 92 valence electrons. The first-order valence-corrected chi connectivity index (χ1v) is 5.55. The average molecular weight is 267 g/mol. The van der Waals surface area contributed by atoms with Crippen LogP contribution in [0.15, 0.2) is 30.5 Å². The molecule has 2 heterocycles. The van der Waals surface area contributed by atoms with Gasteiger partial charge in [-0.2, -0.15) is 4.39 Å². The molecule has 0 aliphatic rings. The first kappa shape index (κ1) is 12.1. The molecule has 18 heavy (non-hydrogen) atoms. The number of amides is 1. The van der Waals surface area contributed by atoms with E-state index in [0.717, 1.165) is 23.6 Å². The lowest BCUT2D eigenvalue weighted by Gasteiger charge is -2.01. The third kappa shape index (κ3) is 2.66. The molecule has 0 unspecified atom stereocenters. The smallest absolute Gasteiger partial charge is 0.320 e. The van der Waals surface area contributed by atoms with Gasteiger partial charge in [-0.3, -0.25) is 14.9 Å². The second-order valence-electron chi connectivity index (χ2n) is 3.22. The number of anilines is 1. The van der Waals surface area contributed by atoms with Crippen molar-refractivity contribution in [1.82, 2.24) is 4.98 Å². The Balaban J connectivity index is 2.11. The third-order valence-corrected chi connectivity index (χ3v) is 3.02. The summed E-state index contributed by atoms with van der Waals surface area (Å²) < 4.78 is 12.5. The van der Waals surface area contributed by atoms with E-state index in [2.05, 4.69) is 10.3 Å². The van der Waals surface area contributed by atoms with Crippen molar-refractivity contribution in [2.75, 3.05) is 5.32 Å². The fourth-order valence-corrected chi connectivity index (χ4v) is 1.91. The van der Waals surface area contributed by atoms with Gasteiger partial charge >= 0.3 is 5.00 Å². The minimum Gasteiger partial charge on any atom is -0.320 e. The molecule has 0 saturated heterocycles. The molecule has 0 fully saturated rings. The molecule has 0 radical (unpaired) electrons. The molecule has 0 aliphatic heterocycles. The van der Waals surface area contributed by atoms with Crippen LogP contribution in [0, 0.1) is 16.1 Å². The molecule has 0 aromatic carbocycles. The maximum absolute atomic E-state index is 12.5.